The number of carbonyl (C=O) groups excluding carboxylic acids is 2. The second-order valence-electron chi connectivity index (χ2n) is 5.58. The number of nitrogens with zero attached hydrogens (tertiary/aromatic N) is 2. The highest BCUT2D eigenvalue weighted by Gasteiger charge is 2.44. The smallest absolute Gasteiger partial charge is 0.328 e. The van der Waals surface area contributed by atoms with Crippen molar-refractivity contribution in [1.29, 1.82) is 5.26 Å². The van der Waals surface area contributed by atoms with Crippen LogP contribution in [0.25, 0.3) is 0 Å². The molecule has 0 aromatic heterocycles. The molecule has 3 amide bonds. The van der Waals surface area contributed by atoms with Crippen molar-refractivity contribution >= 4 is 17.6 Å². The summed E-state index contributed by atoms with van der Waals surface area (Å²) in [4.78, 5) is 25.7. The van der Waals surface area contributed by atoms with Crippen LogP contribution in [0.2, 0.25) is 0 Å². The van der Waals surface area contributed by atoms with Gasteiger partial charge in [-0.15, -0.1) is 0 Å². The van der Waals surface area contributed by atoms with Gasteiger partial charge in [0.1, 0.15) is 0 Å². The molecule has 1 heterocycles. The molecule has 0 bridgehead atoms. The minimum Gasteiger partial charge on any atom is -0.337 e. The lowest BCUT2D eigenvalue weighted by molar-refractivity contribution is -0.120. The van der Waals surface area contributed by atoms with Gasteiger partial charge in [0.15, 0.2) is 0 Å². The molecule has 1 aromatic rings. The summed E-state index contributed by atoms with van der Waals surface area (Å²) in [7, 11) is 0. The van der Waals surface area contributed by atoms with Crippen LogP contribution in [-0.4, -0.2) is 18.5 Å². The molecule has 3 rings (SSSR count). The van der Waals surface area contributed by atoms with Crippen molar-refractivity contribution in [1.82, 2.24) is 5.32 Å². The summed E-state index contributed by atoms with van der Waals surface area (Å²) in [5.74, 6) is -0.185. The zero-order chi connectivity index (χ0) is 14.2. The largest absolute Gasteiger partial charge is 0.337 e. The monoisotopic (exact) mass is 269 g/mol. The third-order valence-corrected chi connectivity index (χ3v) is 4.24. The normalized spacial score (nSPS) is 20.9. The minimum atomic E-state index is -0.395. The maximum Gasteiger partial charge on any atom is 0.328 e. The van der Waals surface area contributed by atoms with Gasteiger partial charge in [-0.3, -0.25) is 4.79 Å². The Balaban J connectivity index is 1.93. The molecule has 0 radical (unpaired) electrons. The molecule has 20 heavy (non-hydrogen) atoms. The quantitative estimate of drug-likeness (QED) is 0.849. The molecule has 0 unspecified atom stereocenters. The Labute approximate surface area is 117 Å². The van der Waals surface area contributed by atoms with E-state index < -0.39 is 6.03 Å². The summed E-state index contributed by atoms with van der Waals surface area (Å²) >= 11 is 0. The highest BCUT2D eigenvalue weighted by molar-refractivity contribution is 6.15. The van der Waals surface area contributed by atoms with Crippen LogP contribution in [0.15, 0.2) is 24.3 Å². The highest BCUT2D eigenvalue weighted by Crippen LogP contribution is 2.45. The van der Waals surface area contributed by atoms with Crippen LogP contribution in [-0.2, 0) is 4.79 Å². The van der Waals surface area contributed by atoms with Gasteiger partial charge >= 0.3 is 6.03 Å². The predicted molar refractivity (Wildman–Crippen MR) is 72.9 cm³/mol. The van der Waals surface area contributed by atoms with Crippen molar-refractivity contribution in [2.45, 2.75) is 25.7 Å². The lowest BCUT2D eigenvalue weighted by atomic mass is 9.66. The van der Waals surface area contributed by atoms with Gasteiger partial charge in [0, 0.05) is 13.0 Å². The summed E-state index contributed by atoms with van der Waals surface area (Å²) in [6, 6.07) is 8.20. The molecule has 1 saturated heterocycles. The number of carbonyl (C=O) groups is 2. The number of rotatable bonds is 1. The molecule has 2 fully saturated rings. The number of anilines is 1. The maximum absolute atomic E-state index is 12.4. The van der Waals surface area contributed by atoms with E-state index in [4.69, 9.17) is 5.26 Å². The molecule has 2 aliphatic rings. The molecule has 1 N–H and O–H groups in total. The van der Waals surface area contributed by atoms with E-state index in [2.05, 4.69) is 5.32 Å². The molecule has 1 aliphatic heterocycles. The van der Waals surface area contributed by atoms with Gasteiger partial charge in [-0.2, -0.15) is 5.26 Å². The number of imide groups is 1. The predicted octanol–water partition coefficient (Wildman–Crippen LogP) is 2.17. The number of nitriles is 1. The molecule has 1 saturated carbocycles. The Morgan fingerprint density at radius 1 is 1.30 bits per heavy atom. The van der Waals surface area contributed by atoms with Crippen LogP contribution in [0.3, 0.4) is 0 Å². The van der Waals surface area contributed by atoms with Gasteiger partial charge < -0.3 is 5.32 Å². The van der Waals surface area contributed by atoms with Crippen molar-refractivity contribution in [2.75, 3.05) is 11.4 Å². The summed E-state index contributed by atoms with van der Waals surface area (Å²) < 4.78 is 0. The Bertz CT molecular complexity index is 614. The van der Waals surface area contributed by atoms with Gasteiger partial charge in [-0.05, 0) is 36.5 Å². The third kappa shape index (κ3) is 2.03. The SMILES string of the molecule is N#Cc1cccc(N2C(=O)CC3(CCC3)CNC2=O)c1. The zero-order valence-corrected chi connectivity index (χ0v) is 11.1. The average molecular weight is 269 g/mol. The average Bonchev–Trinajstić information content (AvgIpc) is 2.55. The lowest BCUT2D eigenvalue weighted by Gasteiger charge is -2.39. The van der Waals surface area contributed by atoms with Crippen LogP contribution in [0.4, 0.5) is 10.5 Å². The van der Waals surface area contributed by atoms with E-state index >= 15 is 0 Å². The number of benzene rings is 1. The molecule has 5 nitrogen and oxygen atoms in total. The zero-order valence-electron chi connectivity index (χ0n) is 11.1. The van der Waals surface area contributed by atoms with E-state index in [0.29, 0.717) is 24.2 Å². The fourth-order valence-electron chi connectivity index (χ4n) is 2.92. The first-order chi connectivity index (χ1) is 9.63. The first kappa shape index (κ1) is 12.7. The summed E-state index contributed by atoms with van der Waals surface area (Å²) in [6.45, 7) is 0.562. The van der Waals surface area contributed by atoms with E-state index in [9.17, 15) is 9.59 Å². The van der Waals surface area contributed by atoms with E-state index in [1.807, 2.05) is 6.07 Å². The molecule has 1 spiro atoms. The fraction of sp³-hybridized carbons (Fsp3) is 0.400. The maximum atomic E-state index is 12.4. The molecular formula is C15H15N3O2. The van der Waals surface area contributed by atoms with Gasteiger partial charge in [0.25, 0.3) is 0 Å². The van der Waals surface area contributed by atoms with Crippen LogP contribution in [0.1, 0.15) is 31.2 Å². The van der Waals surface area contributed by atoms with Gasteiger partial charge in [0.2, 0.25) is 5.91 Å². The summed E-state index contributed by atoms with van der Waals surface area (Å²) in [5.41, 5.74) is 0.850. The Hall–Kier alpha value is -2.35. The van der Waals surface area contributed by atoms with Crippen LogP contribution >= 0.6 is 0 Å². The Morgan fingerprint density at radius 2 is 2.10 bits per heavy atom. The molecule has 0 atom stereocenters. The van der Waals surface area contributed by atoms with Gasteiger partial charge in [-0.25, -0.2) is 9.69 Å². The number of nitrogens with one attached hydrogen (secondary N) is 1. The van der Waals surface area contributed by atoms with Crippen molar-refractivity contribution in [3.8, 4) is 6.07 Å². The number of hydrogen-bond donors (Lipinski definition) is 1. The van der Waals surface area contributed by atoms with Crippen molar-refractivity contribution < 1.29 is 9.59 Å². The molecule has 5 heteroatoms. The summed E-state index contributed by atoms with van der Waals surface area (Å²) in [6.07, 6.45) is 3.49. The minimum absolute atomic E-state index is 0.0473. The Kier molecular flexibility index (Phi) is 2.94. The van der Waals surface area contributed by atoms with Crippen LogP contribution < -0.4 is 10.2 Å². The molecular weight excluding hydrogens is 254 g/mol. The van der Waals surface area contributed by atoms with Gasteiger partial charge in [0.05, 0.1) is 17.3 Å². The van der Waals surface area contributed by atoms with Crippen molar-refractivity contribution in [3.05, 3.63) is 29.8 Å². The van der Waals surface area contributed by atoms with E-state index in [1.54, 1.807) is 24.3 Å². The summed E-state index contributed by atoms with van der Waals surface area (Å²) in [5, 5.41) is 11.8. The first-order valence-electron chi connectivity index (χ1n) is 6.75. The van der Waals surface area contributed by atoms with E-state index in [-0.39, 0.29) is 11.3 Å². The van der Waals surface area contributed by atoms with Crippen molar-refractivity contribution in [3.63, 3.8) is 0 Å². The molecule has 102 valence electrons. The molecule has 1 aliphatic carbocycles. The standard InChI is InChI=1S/C15H15N3O2/c16-9-11-3-1-4-12(7-11)18-13(19)8-15(5-2-6-15)10-17-14(18)20/h1,3-4,7H,2,5-6,8,10H2,(H,17,20). The van der Waals surface area contributed by atoms with Gasteiger partial charge in [-0.1, -0.05) is 12.5 Å². The Morgan fingerprint density at radius 3 is 2.75 bits per heavy atom. The van der Waals surface area contributed by atoms with E-state index in [0.717, 1.165) is 24.2 Å². The molecule has 1 aromatic carbocycles. The second-order valence-corrected chi connectivity index (χ2v) is 5.58. The second kappa shape index (κ2) is 4.64. The fourth-order valence-corrected chi connectivity index (χ4v) is 2.92. The number of amides is 3. The highest BCUT2D eigenvalue weighted by atomic mass is 16.2. The van der Waals surface area contributed by atoms with Crippen molar-refractivity contribution in [2.24, 2.45) is 5.41 Å². The topological polar surface area (TPSA) is 73.2 Å². The van der Waals surface area contributed by atoms with E-state index in [1.165, 1.54) is 0 Å². The van der Waals surface area contributed by atoms with Crippen LogP contribution in [0, 0.1) is 16.7 Å². The van der Waals surface area contributed by atoms with Crippen LogP contribution in [0.5, 0.6) is 0 Å². The first-order valence-corrected chi connectivity index (χ1v) is 6.75. The lowest BCUT2D eigenvalue weighted by Crippen LogP contribution is -2.42. The number of hydrogen-bond acceptors (Lipinski definition) is 3. The third-order valence-electron chi connectivity index (χ3n) is 4.24. The number of urea groups is 1.